The van der Waals surface area contributed by atoms with E-state index in [0.29, 0.717) is 17.5 Å². The molecule has 2 aromatic rings. The molecule has 0 saturated carbocycles. The van der Waals surface area contributed by atoms with E-state index in [0.717, 1.165) is 33.8 Å². The first-order valence-corrected chi connectivity index (χ1v) is 9.44. The van der Waals surface area contributed by atoms with Gasteiger partial charge in [-0.3, -0.25) is 4.79 Å². The Morgan fingerprint density at radius 2 is 1.96 bits per heavy atom. The highest BCUT2D eigenvalue weighted by Crippen LogP contribution is 2.23. The molecule has 0 atom stereocenters. The van der Waals surface area contributed by atoms with E-state index in [1.807, 2.05) is 44.2 Å². The summed E-state index contributed by atoms with van der Waals surface area (Å²) in [5.41, 5.74) is 4.10. The van der Waals surface area contributed by atoms with E-state index in [1.165, 1.54) is 11.8 Å². The van der Waals surface area contributed by atoms with E-state index < -0.39 is 0 Å². The van der Waals surface area contributed by atoms with Crippen LogP contribution in [-0.2, 0) is 11.4 Å². The van der Waals surface area contributed by atoms with Crippen LogP contribution < -0.4 is 14.8 Å². The molecule has 3 rings (SSSR count). The van der Waals surface area contributed by atoms with Gasteiger partial charge in [0.25, 0.3) is 0 Å². The predicted octanol–water partition coefficient (Wildman–Crippen LogP) is 3.44. The Morgan fingerprint density at radius 1 is 1.19 bits per heavy atom. The zero-order chi connectivity index (χ0) is 19.2. The maximum absolute atomic E-state index is 11.1. The zero-order valence-corrected chi connectivity index (χ0v) is 16.3. The molecule has 1 fully saturated rings. The summed E-state index contributed by atoms with van der Waals surface area (Å²) < 4.78 is 11.4. The molecule has 140 valence electrons. The number of nitrogens with zero attached hydrogens (tertiary/aromatic N) is 2. The summed E-state index contributed by atoms with van der Waals surface area (Å²) in [6.45, 7) is 4.47. The lowest BCUT2D eigenvalue weighted by Gasteiger charge is -2.12. The molecular weight excluding hydrogens is 362 g/mol. The molecule has 7 heteroatoms. The smallest absolute Gasteiger partial charge is 0.236 e. The average molecular weight is 383 g/mol. The second kappa shape index (κ2) is 8.73. The minimum absolute atomic E-state index is 0.0517. The van der Waals surface area contributed by atoms with E-state index in [-0.39, 0.29) is 5.91 Å². The van der Waals surface area contributed by atoms with Gasteiger partial charge in [0.1, 0.15) is 18.1 Å². The van der Waals surface area contributed by atoms with Crippen LogP contribution in [-0.4, -0.2) is 30.2 Å². The first-order chi connectivity index (χ1) is 13.0. The minimum Gasteiger partial charge on any atom is -0.496 e. The molecule has 0 bridgehead atoms. The van der Waals surface area contributed by atoms with Crippen LogP contribution >= 0.6 is 11.8 Å². The Labute approximate surface area is 162 Å². The third kappa shape index (κ3) is 5.34. The highest BCUT2D eigenvalue weighted by Gasteiger charge is 2.15. The highest BCUT2D eigenvalue weighted by molar-refractivity contribution is 8.15. The zero-order valence-electron chi connectivity index (χ0n) is 15.5. The van der Waals surface area contributed by atoms with Gasteiger partial charge >= 0.3 is 0 Å². The fourth-order valence-corrected chi connectivity index (χ4v) is 3.33. The van der Waals surface area contributed by atoms with Gasteiger partial charge in [-0.2, -0.15) is 5.10 Å². The fourth-order valence-electron chi connectivity index (χ4n) is 2.70. The maximum Gasteiger partial charge on any atom is 0.236 e. The summed E-state index contributed by atoms with van der Waals surface area (Å²) in [6, 6.07) is 11.8. The Bertz CT molecular complexity index is 889. The van der Waals surface area contributed by atoms with Crippen molar-refractivity contribution >= 4 is 29.1 Å². The molecule has 1 heterocycles. The summed E-state index contributed by atoms with van der Waals surface area (Å²) in [5.74, 6) is 1.91. The summed E-state index contributed by atoms with van der Waals surface area (Å²) >= 11 is 1.34. The monoisotopic (exact) mass is 383 g/mol. The topological polar surface area (TPSA) is 72.3 Å². The van der Waals surface area contributed by atoms with Crippen molar-refractivity contribution in [1.82, 2.24) is 5.32 Å². The van der Waals surface area contributed by atoms with Gasteiger partial charge in [-0.25, -0.2) is 0 Å². The number of amidine groups is 1. The van der Waals surface area contributed by atoms with Crippen LogP contribution in [0, 0.1) is 13.8 Å². The number of hydrogen-bond donors (Lipinski definition) is 1. The Hall–Kier alpha value is -2.80. The Kier molecular flexibility index (Phi) is 6.13. The second-order valence-electron chi connectivity index (χ2n) is 6.17. The number of rotatable bonds is 6. The highest BCUT2D eigenvalue weighted by atomic mass is 32.2. The summed E-state index contributed by atoms with van der Waals surface area (Å²) in [6.07, 6.45) is 1.64. The fraction of sp³-hybridized carbons (Fsp3) is 0.250. The van der Waals surface area contributed by atoms with Crippen molar-refractivity contribution in [1.29, 1.82) is 0 Å². The van der Waals surface area contributed by atoms with Gasteiger partial charge in [-0.15, -0.1) is 5.10 Å². The van der Waals surface area contributed by atoms with Crippen LogP contribution in [0.5, 0.6) is 11.5 Å². The van der Waals surface area contributed by atoms with Crippen LogP contribution in [0.25, 0.3) is 0 Å². The predicted molar refractivity (Wildman–Crippen MR) is 109 cm³/mol. The van der Waals surface area contributed by atoms with Crippen LogP contribution in [0.1, 0.15) is 22.3 Å². The Morgan fingerprint density at radius 3 is 2.63 bits per heavy atom. The molecule has 6 nitrogen and oxygen atoms in total. The Balaban J connectivity index is 1.72. The van der Waals surface area contributed by atoms with E-state index in [4.69, 9.17) is 9.47 Å². The van der Waals surface area contributed by atoms with E-state index in [9.17, 15) is 4.79 Å². The summed E-state index contributed by atoms with van der Waals surface area (Å²) in [7, 11) is 1.63. The molecule has 0 aromatic heterocycles. The van der Waals surface area contributed by atoms with Crippen LogP contribution in [0.4, 0.5) is 0 Å². The number of benzene rings is 2. The molecule has 0 spiro atoms. The number of carbonyl (C=O) groups excluding carboxylic acids is 1. The minimum atomic E-state index is -0.0517. The third-order valence-corrected chi connectivity index (χ3v) is 4.70. The summed E-state index contributed by atoms with van der Waals surface area (Å²) in [5, 5.41) is 11.2. The van der Waals surface area contributed by atoms with Crippen molar-refractivity contribution in [2.75, 3.05) is 12.9 Å². The number of amides is 1. The number of methoxy groups -OCH3 is 1. The van der Waals surface area contributed by atoms with Gasteiger partial charge in [0.15, 0.2) is 5.17 Å². The average Bonchev–Trinajstić information content (AvgIpc) is 3.04. The number of thioether (sulfide) groups is 1. The van der Waals surface area contributed by atoms with Gasteiger partial charge in [-0.1, -0.05) is 17.8 Å². The summed E-state index contributed by atoms with van der Waals surface area (Å²) in [4.78, 5) is 11.1. The van der Waals surface area contributed by atoms with Crippen molar-refractivity contribution in [3.05, 3.63) is 58.7 Å². The van der Waals surface area contributed by atoms with Gasteiger partial charge in [0.05, 0.1) is 19.1 Å². The normalized spacial score (nSPS) is 15.4. The lowest BCUT2D eigenvalue weighted by molar-refractivity contribution is -0.116. The second-order valence-corrected chi connectivity index (χ2v) is 7.13. The van der Waals surface area contributed by atoms with E-state index in [2.05, 4.69) is 21.6 Å². The van der Waals surface area contributed by atoms with Crippen molar-refractivity contribution < 1.29 is 14.3 Å². The molecule has 1 saturated heterocycles. The van der Waals surface area contributed by atoms with E-state index in [1.54, 1.807) is 13.3 Å². The standard InChI is InChI=1S/C20H21N3O3S/c1-13-6-14(2)8-17(7-13)26-11-16-9-15(4-5-18(16)25-3)10-21-23-20-22-19(24)12-27-20/h4-10H,11-12H2,1-3H3,(H,22,23,24). The SMILES string of the molecule is COc1ccc(C=NN=C2NC(=O)CS2)cc1COc1cc(C)cc(C)c1. The largest absolute Gasteiger partial charge is 0.496 e. The number of carbonyl (C=O) groups is 1. The third-order valence-electron chi connectivity index (χ3n) is 3.84. The molecule has 1 aliphatic rings. The van der Waals surface area contributed by atoms with Crippen LogP contribution in [0.2, 0.25) is 0 Å². The van der Waals surface area contributed by atoms with Gasteiger partial charge in [0.2, 0.25) is 5.91 Å². The van der Waals surface area contributed by atoms with Crippen molar-refractivity contribution in [3.8, 4) is 11.5 Å². The molecule has 0 aliphatic carbocycles. The molecule has 2 aromatic carbocycles. The number of ether oxygens (including phenoxy) is 2. The first kappa shape index (κ1) is 19.0. The van der Waals surface area contributed by atoms with Gasteiger partial charge in [-0.05, 0) is 60.9 Å². The lowest BCUT2D eigenvalue weighted by atomic mass is 10.1. The van der Waals surface area contributed by atoms with Crippen LogP contribution in [0.3, 0.4) is 0 Å². The van der Waals surface area contributed by atoms with Gasteiger partial charge in [0, 0.05) is 5.56 Å². The molecule has 27 heavy (non-hydrogen) atoms. The number of aryl methyl sites for hydroxylation is 2. The molecule has 0 radical (unpaired) electrons. The lowest BCUT2D eigenvalue weighted by Crippen LogP contribution is -2.19. The number of nitrogens with one attached hydrogen (secondary N) is 1. The molecular formula is C20H21N3O3S. The van der Waals surface area contributed by atoms with Gasteiger partial charge < -0.3 is 14.8 Å². The molecule has 1 N–H and O–H groups in total. The molecule has 1 amide bonds. The van der Waals surface area contributed by atoms with E-state index >= 15 is 0 Å². The van der Waals surface area contributed by atoms with Crippen molar-refractivity contribution in [2.24, 2.45) is 10.2 Å². The maximum atomic E-state index is 11.1. The molecule has 0 unspecified atom stereocenters. The van der Waals surface area contributed by atoms with Crippen molar-refractivity contribution in [2.45, 2.75) is 20.5 Å². The van der Waals surface area contributed by atoms with Crippen molar-refractivity contribution in [3.63, 3.8) is 0 Å². The molecule has 1 aliphatic heterocycles. The quantitative estimate of drug-likeness (QED) is 0.613. The number of hydrogen-bond acceptors (Lipinski definition) is 6. The van der Waals surface area contributed by atoms with Crippen LogP contribution in [0.15, 0.2) is 46.6 Å². The first-order valence-electron chi connectivity index (χ1n) is 8.45.